The SMILES string of the molecule is Cc1cc2c3c(ccnc3c1)C=CN2[O]. The molecule has 0 N–H and O–H groups in total. The molecular formula is C12H9N2O. The summed E-state index contributed by atoms with van der Waals surface area (Å²) in [5, 5.41) is 13.5. The maximum Gasteiger partial charge on any atom is 0.0822 e. The lowest BCUT2D eigenvalue weighted by Crippen LogP contribution is -2.11. The minimum atomic E-state index is 0.690. The molecular weight excluding hydrogens is 188 g/mol. The summed E-state index contributed by atoms with van der Waals surface area (Å²) < 4.78 is 0. The highest BCUT2D eigenvalue weighted by Gasteiger charge is 2.15. The standard InChI is InChI=1S/C12H9N2O/c1-8-6-10-12-9(2-4-13-10)3-5-14(15)11(12)7-8/h2-7H,1H3. The van der Waals surface area contributed by atoms with E-state index in [-0.39, 0.29) is 0 Å². The maximum absolute atomic E-state index is 11.6. The number of nitrogens with zero attached hydrogens (tertiary/aromatic N) is 2. The zero-order valence-corrected chi connectivity index (χ0v) is 8.27. The number of pyridine rings is 1. The molecule has 0 saturated carbocycles. The third-order valence-corrected chi connectivity index (χ3v) is 2.62. The first kappa shape index (κ1) is 8.44. The molecule has 0 amide bonds. The Morgan fingerprint density at radius 2 is 2.20 bits per heavy atom. The van der Waals surface area contributed by atoms with Crippen molar-refractivity contribution >= 4 is 22.7 Å². The van der Waals surface area contributed by atoms with Crippen LogP contribution in [0.15, 0.2) is 30.6 Å². The molecule has 0 unspecified atom stereocenters. The molecule has 0 aliphatic carbocycles. The minimum absolute atomic E-state index is 0.690. The largest absolute Gasteiger partial charge is 0.256 e. The molecule has 0 atom stereocenters. The number of aromatic nitrogens is 1. The Morgan fingerprint density at radius 1 is 1.33 bits per heavy atom. The average molecular weight is 197 g/mol. The van der Waals surface area contributed by atoms with Crippen molar-refractivity contribution < 1.29 is 5.21 Å². The number of benzene rings is 1. The first-order valence-electron chi connectivity index (χ1n) is 4.79. The molecule has 1 aliphatic rings. The van der Waals surface area contributed by atoms with E-state index < -0.39 is 0 Å². The van der Waals surface area contributed by atoms with Crippen LogP contribution in [-0.4, -0.2) is 4.98 Å². The van der Waals surface area contributed by atoms with Crippen molar-refractivity contribution in [1.82, 2.24) is 4.98 Å². The number of hydroxylamine groups is 1. The van der Waals surface area contributed by atoms with Gasteiger partial charge in [-0.05, 0) is 42.3 Å². The second kappa shape index (κ2) is 2.81. The van der Waals surface area contributed by atoms with E-state index in [4.69, 9.17) is 0 Å². The summed E-state index contributed by atoms with van der Waals surface area (Å²) in [6.07, 6.45) is 5.13. The Bertz CT molecular complexity index is 575. The molecule has 0 bridgehead atoms. The minimum Gasteiger partial charge on any atom is -0.256 e. The summed E-state index contributed by atoms with van der Waals surface area (Å²) in [6, 6.07) is 5.81. The zero-order valence-electron chi connectivity index (χ0n) is 8.27. The highest BCUT2D eigenvalue weighted by molar-refractivity contribution is 6.00. The van der Waals surface area contributed by atoms with Crippen molar-refractivity contribution in [3.63, 3.8) is 0 Å². The zero-order chi connectivity index (χ0) is 10.4. The lowest BCUT2D eigenvalue weighted by molar-refractivity contribution is 0.193. The van der Waals surface area contributed by atoms with Crippen LogP contribution in [-0.2, 0) is 5.21 Å². The maximum atomic E-state index is 11.6. The van der Waals surface area contributed by atoms with Crippen LogP contribution in [0, 0.1) is 6.92 Å². The van der Waals surface area contributed by atoms with E-state index in [2.05, 4.69) is 4.98 Å². The van der Waals surface area contributed by atoms with Crippen molar-refractivity contribution in [3.8, 4) is 0 Å². The highest BCUT2D eigenvalue weighted by Crippen LogP contribution is 2.33. The Kier molecular flexibility index (Phi) is 1.58. The highest BCUT2D eigenvalue weighted by atomic mass is 16.5. The van der Waals surface area contributed by atoms with Gasteiger partial charge in [0.2, 0.25) is 0 Å². The number of aryl methyl sites for hydroxylation is 1. The Labute approximate surface area is 87.2 Å². The number of hydrogen-bond donors (Lipinski definition) is 0. The molecule has 1 radical (unpaired) electrons. The van der Waals surface area contributed by atoms with Gasteiger partial charge in [0, 0.05) is 17.8 Å². The van der Waals surface area contributed by atoms with Crippen molar-refractivity contribution in [2.24, 2.45) is 0 Å². The van der Waals surface area contributed by atoms with E-state index in [9.17, 15) is 5.21 Å². The molecule has 1 aliphatic heterocycles. The summed E-state index contributed by atoms with van der Waals surface area (Å²) in [5.74, 6) is 0. The predicted octanol–water partition coefficient (Wildman–Crippen LogP) is 2.68. The van der Waals surface area contributed by atoms with Gasteiger partial charge in [-0.25, -0.2) is 0 Å². The van der Waals surface area contributed by atoms with Gasteiger partial charge in [-0.3, -0.25) is 4.98 Å². The molecule has 1 aromatic carbocycles. The van der Waals surface area contributed by atoms with Gasteiger partial charge in [-0.2, -0.15) is 5.06 Å². The summed E-state index contributed by atoms with van der Waals surface area (Å²) in [4.78, 5) is 4.28. The lowest BCUT2D eigenvalue weighted by Gasteiger charge is -2.18. The summed E-state index contributed by atoms with van der Waals surface area (Å²) in [7, 11) is 0. The Balaban J connectivity index is 2.51. The van der Waals surface area contributed by atoms with Crippen LogP contribution in [0.3, 0.4) is 0 Å². The molecule has 3 heteroatoms. The van der Waals surface area contributed by atoms with E-state index in [0.717, 1.165) is 27.1 Å². The van der Waals surface area contributed by atoms with Gasteiger partial charge in [-0.15, -0.1) is 0 Å². The van der Waals surface area contributed by atoms with E-state index >= 15 is 0 Å². The number of hydrogen-bond acceptors (Lipinski definition) is 2. The Hall–Kier alpha value is -1.87. The summed E-state index contributed by atoms with van der Waals surface area (Å²) in [6.45, 7) is 1.97. The number of anilines is 1. The lowest BCUT2D eigenvalue weighted by atomic mass is 10.0. The van der Waals surface area contributed by atoms with Gasteiger partial charge in [0.1, 0.15) is 0 Å². The molecule has 0 spiro atoms. The normalized spacial score (nSPS) is 13.6. The van der Waals surface area contributed by atoms with Crippen molar-refractivity contribution in [3.05, 3.63) is 41.7 Å². The van der Waals surface area contributed by atoms with E-state index in [1.165, 1.54) is 6.20 Å². The molecule has 73 valence electrons. The fourth-order valence-electron chi connectivity index (χ4n) is 1.97. The first-order chi connectivity index (χ1) is 7.25. The number of rotatable bonds is 0. The molecule has 3 rings (SSSR count). The molecule has 1 aromatic heterocycles. The molecule has 2 aromatic rings. The van der Waals surface area contributed by atoms with Crippen molar-refractivity contribution in [1.29, 1.82) is 0 Å². The van der Waals surface area contributed by atoms with Gasteiger partial charge in [0.25, 0.3) is 0 Å². The van der Waals surface area contributed by atoms with Gasteiger partial charge in [0.15, 0.2) is 0 Å². The topological polar surface area (TPSA) is 36.0 Å². The summed E-state index contributed by atoms with van der Waals surface area (Å²) in [5.41, 5.74) is 3.68. The fourth-order valence-corrected chi connectivity index (χ4v) is 1.97. The third-order valence-electron chi connectivity index (χ3n) is 2.62. The summed E-state index contributed by atoms with van der Waals surface area (Å²) >= 11 is 0. The molecule has 0 fully saturated rings. The average Bonchev–Trinajstić information content (AvgIpc) is 2.23. The van der Waals surface area contributed by atoms with Crippen LogP contribution in [0.25, 0.3) is 17.0 Å². The van der Waals surface area contributed by atoms with Crippen molar-refractivity contribution in [2.45, 2.75) is 6.92 Å². The fraction of sp³-hybridized carbons (Fsp3) is 0.0833. The van der Waals surface area contributed by atoms with Crippen LogP contribution in [0.1, 0.15) is 11.1 Å². The second-order valence-electron chi connectivity index (χ2n) is 3.72. The van der Waals surface area contributed by atoms with Gasteiger partial charge >= 0.3 is 0 Å². The smallest absolute Gasteiger partial charge is 0.0822 e. The third kappa shape index (κ3) is 1.13. The quantitative estimate of drug-likeness (QED) is 0.651. The van der Waals surface area contributed by atoms with Gasteiger partial charge < -0.3 is 0 Å². The van der Waals surface area contributed by atoms with Gasteiger partial charge in [-0.1, -0.05) is 5.21 Å². The predicted molar refractivity (Wildman–Crippen MR) is 58.7 cm³/mol. The van der Waals surface area contributed by atoms with Crippen molar-refractivity contribution in [2.75, 3.05) is 5.06 Å². The molecule has 15 heavy (non-hydrogen) atoms. The van der Waals surface area contributed by atoms with E-state index in [0.29, 0.717) is 5.69 Å². The van der Waals surface area contributed by atoms with Crippen LogP contribution in [0.4, 0.5) is 5.69 Å². The first-order valence-corrected chi connectivity index (χ1v) is 4.79. The second-order valence-corrected chi connectivity index (χ2v) is 3.72. The molecule has 0 saturated heterocycles. The van der Waals surface area contributed by atoms with Crippen LogP contribution in [0.5, 0.6) is 0 Å². The monoisotopic (exact) mass is 197 g/mol. The van der Waals surface area contributed by atoms with E-state index in [1.807, 2.05) is 31.2 Å². The Morgan fingerprint density at radius 3 is 3.07 bits per heavy atom. The van der Waals surface area contributed by atoms with Crippen LogP contribution < -0.4 is 5.06 Å². The molecule has 3 nitrogen and oxygen atoms in total. The van der Waals surface area contributed by atoms with E-state index in [1.54, 1.807) is 6.20 Å². The van der Waals surface area contributed by atoms with Crippen LogP contribution in [0.2, 0.25) is 0 Å². The molecule has 2 heterocycles. The van der Waals surface area contributed by atoms with Crippen LogP contribution >= 0.6 is 0 Å². The van der Waals surface area contributed by atoms with Gasteiger partial charge in [0.05, 0.1) is 11.2 Å².